The Morgan fingerprint density at radius 3 is 2.33 bits per heavy atom. The second kappa shape index (κ2) is 4.73. The van der Waals surface area contributed by atoms with Crippen LogP contribution in [-0.4, -0.2) is 20.2 Å². The van der Waals surface area contributed by atoms with Crippen molar-refractivity contribution in [1.29, 1.82) is 0 Å². The summed E-state index contributed by atoms with van der Waals surface area (Å²) in [6.45, 7) is 11.7. The molecule has 1 rings (SSSR count). The predicted molar refractivity (Wildman–Crippen MR) is 60.6 cm³/mol. The van der Waals surface area contributed by atoms with Gasteiger partial charge in [-0.1, -0.05) is 34.6 Å². The lowest BCUT2D eigenvalue weighted by Gasteiger charge is -2.21. The molecule has 0 unspecified atom stereocenters. The minimum Gasteiger partial charge on any atom is -0.164 e. The maximum atomic E-state index is 4.46. The summed E-state index contributed by atoms with van der Waals surface area (Å²) < 4.78 is 0. The summed E-state index contributed by atoms with van der Waals surface area (Å²) in [7, 11) is 0. The Balaban J connectivity index is 2.83. The lowest BCUT2D eigenvalue weighted by molar-refractivity contribution is 0.396. The topological polar surface area (TPSA) is 43.6 Å². The van der Waals surface area contributed by atoms with Gasteiger partial charge in [-0.3, -0.25) is 0 Å². The Bertz CT molecular complexity index is 299. The normalized spacial score (nSPS) is 12.4. The minimum atomic E-state index is 0.0786. The monoisotopic (exact) mass is 210 g/mol. The van der Waals surface area contributed by atoms with E-state index in [2.05, 4.69) is 50.0 Å². The standard InChI is InChI=1S/C11H22N4/c1-6-11(5,7-2)10-12-14-15(13-10)8-9(3)4/h9H,6-8H2,1-5H3. The molecule has 86 valence electrons. The molecule has 1 heterocycles. The number of nitrogens with zero attached hydrogens (tertiary/aromatic N) is 4. The van der Waals surface area contributed by atoms with Crippen molar-refractivity contribution in [2.24, 2.45) is 5.92 Å². The van der Waals surface area contributed by atoms with E-state index >= 15 is 0 Å². The lowest BCUT2D eigenvalue weighted by Crippen LogP contribution is -2.22. The molecule has 0 aromatic carbocycles. The number of hydrogen-bond donors (Lipinski definition) is 0. The summed E-state index contributed by atoms with van der Waals surface area (Å²) in [5, 5.41) is 12.7. The van der Waals surface area contributed by atoms with Crippen molar-refractivity contribution >= 4 is 0 Å². The molecule has 15 heavy (non-hydrogen) atoms. The zero-order valence-electron chi connectivity index (χ0n) is 10.5. The van der Waals surface area contributed by atoms with Gasteiger partial charge in [-0.25, -0.2) is 0 Å². The molecule has 0 amide bonds. The molecule has 0 atom stereocenters. The van der Waals surface area contributed by atoms with E-state index in [1.54, 1.807) is 4.80 Å². The first-order chi connectivity index (χ1) is 7.01. The van der Waals surface area contributed by atoms with Crippen molar-refractivity contribution in [3.63, 3.8) is 0 Å². The molecule has 0 radical (unpaired) electrons. The first-order valence-corrected chi connectivity index (χ1v) is 5.80. The van der Waals surface area contributed by atoms with Gasteiger partial charge in [0.25, 0.3) is 0 Å². The first-order valence-electron chi connectivity index (χ1n) is 5.80. The van der Waals surface area contributed by atoms with Crippen LogP contribution in [0.4, 0.5) is 0 Å². The highest BCUT2D eigenvalue weighted by atomic mass is 15.6. The quantitative estimate of drug-likeness (QED) is 0.749. The van der Waals surface area contributed by atoms with E-state index in [1.807, 2.05) is 0 Å². The molecule has 0 saturated heterocycles. The highest BCUT2D eigenvalue weighted by Crippen LogP contribution is 2.27. The van der Waals surface area contributed by atoms with Gasteiger partial charge in [-0.05, 0) is 24.0 Å². The van der Waals surface area contributed by atoms with Crippen LogP contribution < -0.4 is 0 Å². The van der Waals surface area contributed by atoms with Gasteiger partial charge >= 0.3 is 0 Å². The fourth-order valence-corrected chi connectivity index (χ4v) is 1.45. The molecular formula is C11H22N4. The van der Waals surface area contributed by atoms with Gasteiger partial charge in [-0.15, -0.1) is 10.2 Å². The summed E-state index contributed by atoms with van der Waals surface area (Å²) in [5.41, 5.74) is 0.0786. The SMILES string of the molecule is CCC(C)(CC)c1nnn(CC(C)C)n1. The van der Waals surface area contributed by atoms with Crippen molar-refractivity contribution < 1.29 is 0 Å². The molecule has 0 N–H and O–H groups in total. The third kappa shape index (κ3) is 2.76. The zero-order chi connectivity index (χ0) is 11.5. The van der Waals surface area contributed by atoms with Gasteiger partial charge in [0.15, 0.2) is 5.82 Å². The Kier molecular flexibility index (Phi) is 3.83. The van der Waals surface area contributed by atoms with Crippen LogP contribution in [0.25, 0.3) is 0 Å². The van der Waals surface area contributed by atoms with E-state index in [4.69, 9.17) is 0 Å². The third-order valence-corrected chi connectivity index (χ3v) is 3.08. The fourth-order valence-electron chi connectivity index (χ4n) is 1.45. The van der Waals surface area contributed by atoms with Gasteiger partial charge in [0.05, 0.1) is 6.54 Å². The van der Waals surface area contributed by atoms with Crippen LogP contribution in [-0.2, 0) is 12.0 Å². The van der Waals surface area contributed by atoms with Crippen molar-refractivity contribution in [2.45, 2.75) is 59.4 Å². The van der Waals surface area contributed by atoms with E-state index < -0.39 is 0 Å². The van der Waals surface area contributed by atoms with Crippen molar-refractivity contribution in [2.75, 3.05) is 0 Å². The molecule has 0 saturated carbocycles. The van der Waals surface area contributed by atoms with Gasteiger partial charge in [0, 0.05) is 5.41 Å². The predicted octanol–water partition coefficient (Wildman–Crippen LogP) is 2.41. The Morgan fingerprint density at radius 1 is 1.27 bits per heavy atom. The van der Waals surface area contributed by atoms with Crippen LogP contribution in [0.3, 0.4) is 0 Å². The summed E-state index contributed by atoms with van der Waals surface area (Å²) in [5.74, 6) is 1.44. The zero-order valence-corrected chi connectivity index (χ0v) is 10.5. The Labute approximate surface area is 92.1 Å². The molecular weight excluding hydrogens is 188 g/mol. The van der Waals surface area contributed by atoms with Crippen molar-refractivity contribution in [1.82, 2.24) is 20.2 Å². The molecule has 1 aromatic heterocycles. The van der Waals surface area contributed by atoms with Gasteiger partial charge in [0.2, 0.25) is 0 Å². The number of hydrogen-bond acceptors (Lipinski definition) is 3. The number of rotatable bonds is 5. The Hall–Kier alpha value is -0.930. The summed E-state index contributed by atoms with van der Waals surface area (Å²) in [6.07, 6.45) is 2.10. The fraction of sp³-hybridized carbons (Fsp3) is 0.909. The van der Waals surface area contributed by atoms with Crippen LogP contribution >= 0.6 is 0 Å². The summed E-state index contributed by atoms with van der Waals surface area (Å²) in [4.78, 5) is 1.71. The number of tetrazole rings is 1. The van der Waals surface area contributed by atoms with E-state index in [0.29, 0.717) is 5.92 Å². The second-order valence-corrected chi connectivity index (χ2v) is 4.83. The van der Waals surface area contributed by atoms with Crippen molar-refractivity contribution in [3.8, 4) is 0 Å². The maximum absolute atomic E-state index is 4.46. The molecule has 0 fully saturated rings. The van der Waals surface area contributed by atoms with Gasteiger partial charge in [-0.2, -0.15) is 4.80 Å². The van der Waals surface area contributed by atoms with E-state index in [9.17, 15) is 0 Å². The molecule has 0 aliphatic rings. The molecule has 4 nitrogen and oxygen atoms in total. The molecule has 0 spiro atoms. The van der Waals surface area contributed by atoms with E-state index in [0.717, 1.165) is 25.2 Å². The minimum absolute atomic E-state index is 0.0786. The van der Waals surface area contributed by atoms with Crippen LogP contribution in [0.1, 0.15) is 53.3 Å². The summed E-state index contributed by atoms with van der Waals surface area (Å²) in [6, 6.07) is 0. The highest BCUT2D eigenvalue weighted by molar-refractivity contribution is 5.00. The van der Waals surface area contributed by atoms with Crippen LogP contribution in [0, 0.1) is 5.92 Å². The average molecular weight is 210 g/mol. The molecule has 0 bridgehead atoms. The van der Waals surface area contributed by atoms with Crippen LogP contribution in [0.2, 0.25) is 0 Å². The van der Waals surface area contributed by atoms with Crippen LogP contribution in [0.15, 0.2) is 0 Å². The third-order valence-electron chi connectivity index (χ3n) is 3.08. The largest absolute Gasteiger partial charge is 0.180 e. The number of aromatic nitrogens is 4. The second-order valence-electron chi connectivity index (χ2n) is 4.83. The Morgan fingerprint density at radius 2 is 1.87 bits per heavy atom. The lowest BCUT2D eigenvalue weighted by atomic mass is 9.84. The van der Waals surface area contributed by atoms with Gasteiger partial charge < -0.3 is 0 Å². The maximum Gasteiger partial charge on any atom is 0.180 e. The smallest absolute Gasteiger partial charge is 0.164 e. The van der Waals surface area contributed by atoms with Gasteiger partial charge in [0.1, 0.15) is 0 Å². The molecule has 0 aliphatic heterocycles. The van der Waals surface area contributed by atoms with E-state index in [-0.39, 0.29) is 5.41 Å². The van der Waals surface area contributed by atoms with Crippen molar-refractivity contribution in [3.05, 3.63) is 5.82 Å². The van der Waals surface area contributed by atoms with E-state index in [1.165, 1.54) is 0 Å². The summed E-state index contributed by atoms with van der Waals surface area (Å²) >= 11 is 0. The first kappa shape index (κ1) is 12.1. The highest BCUT2D eigenvalue weighted by Gasteiger charge is 2.27. The molecule has 4 heteroatoms. The molecule has 1 aromatic rings. The average Bonchev–Trinajstić information content (AvgIpc) is 2.64. The van der Waals surface area contributed by atoms with Crippen LogP contribution in [0.5, 0.6) is 0 Å². The molecule has 0 aliphatic carbocycles.